The molecule has 2 aliphatic heterocycles. The Labute approximate surface area is 124 Å². The van der Waals surface area contributed by atoms with Gasteiger partial charge in [-0.2, -0.15) is 0 Å². The van der Waals surface area contributed by atoms with Gasteiger partial charge in [-0.15, -0.1) is 11.8 Å². The van der Waals surface area contributed by atoms with Crippen LogP contribution in [0.1, 0.15) is 12.0 Å². The summed E-state index contributed by atoms with van der Waals surface area (Å²) >= 11 is 1.75. The number of rotatable bonds is 5. The first-order valence-corrected chi connectivity index (χ1v) is 8.34. The molecule has 2 aliphatic rings. The van der Waals surface area contributed by atoms with Gasteiger partial charge in [-0.3, -0.25) is 0 Å². The SMILES string of the molecule is CSc1cc2c(cc1CNCC1CCOC1)OCCO2. The van der Waals surface area contributed by atoms with Crippen molar-refractivity contribution in [1.82, 2.24) is 5.32 Å². The second-order valence-corrected chi connectivity index (χ2v) is 6.02. The molecule has 1 saturated heterocycles. The maximum atomic E-state index is 5.66. The Morgan fingerprint density at radius 3 is 2.70 bits per heavy atom. The molecule has 0 radical (unpaired) electrons. The molecule has 1 atom stereocenters. The van der Waals surface area contributed by atoms with Gasteiger partial charge in [0, 0.05) is 24.6 Å². The van der Waals surface area contributed by atoms with Crippen molar-refractivity contribution in [2.45, 2.75) is 17.9 Å². The molecule has 0 saturated carbocycles. The summed E-state index contributed by atoms with van der Waals surface area (Å²) in [6, 6.07) is 4.20. The molecule has 1 aromatic rings. The number of hydrogen-bond acceptors (Lipinski definition) is 5. The third-order valence-electron chi connectivity index (χ3n) is 3.72. The lowest BCUT2D eigenvalue weighted by molar-refractivity contribution is 0.171. The maximum Gasteiger partial charge on any atom is 0.162 e. The molecule has 0 aromatic heterocycles. The molecule has 1 N–H and O–H groups in total. The molecular weight excluding hydrogens is 274 g/mol. The predicted octanol–water partition coefficient (Wildman–Crippen LogP) is 2.31. The van der Waals surface area contributed by atoms with E-state index in [1.165, 1.54) is 16.9 Å². The van der Waals surface area contributed by atoms with Crippen molar-refractivity contribution in [1.29, 1.82) is 0 Å². The van der Waals surface area contributed by atoms with Crippen LogP contribution in [0.15, 0.2) is 17.0 Å². The van der Waals surface area contributed by atoms with Gasteiger partial charge in [0.2, 0.25) is 0 Å². The average Bonchev–Trinajstić information content (AvgIpc) is 3.00. The van der Waals surface area contributed by atoms with Crippen LogP contribution >= 0.6 is 11.8 Å². The summed E-state index contributed by atoms with van der Waals surface area (Å²) in [6.45, 7) is 4.96. The molecule has 110 valence electrons. The van der Waals surface area contributed by atoms with Crippen molar-refractivity contribution in [3.05, 3.63) is 17.7 Å². The first-order chi connectivity index (χ1) is 9.86. The smallest absolute Gasteiger partial charge is 0.162 e. The van der Waals surface area contributed by atoms with Crippen LogP contribution < -0.4 is 14.8 Å². The van der Waals surface area contributed by atoms with E-state index in [1.54, 1.807) is 11.8 Å². The zero-order valence-corrected chi connectivity index (χ0v) is 12.6. The maximum absolute atomic E-state index is 5.66. The van der Waals surface area contributed by atoms with Gasteiger partial charge in [0.15, 0.2) is 11.5 Å². The zero-order valence-electron chi connectivity index (χ0n) is 11.8. The van der Waals surface area contributed by atoms with Crippen LogP contribution in [0, 0.1) is 5.92 Å². The minimum Gasteiger partial charge on any atom is -0.486 e. The second kappa shape index (κ2) is 6.70. The van der Waals surface area contributed by atoms with E-state index in [0.717, 1.165) is 37.8 Å². The first-order valence-electron chi connectivity index (χ1n) is 7.12. The Morgan fingerprint density at radius 1 is 1.20 bits per heavy atom. The molecule has 2 heterocycles. The lowest BCUT2D eigenvalue weighted by Crippen LogP contribution is -2.23. The van der Waals surface area contributed by atoms with Crippen LogP contribution in [0.2, 0.25) is 0 Å². The first kappa shape index (κ1) is 14.0. The lowest BCUT2D eigenvalue weighted by Gasteiger charge is -2.21. The van der Waals surface area contributed by atoms with Crippen molar-refractivity contribution in [2.75, 3.05) is 39.2 Å². The monoisotopic (exact) mass is 295 g/mol. The summed E-state index contributed by atoms with van der Waals surface area (Å²) in [6.07, 6.45) is 3.27. The number of thioether (sulfide) groups is 1. The van der Waals surface area contributed by atoms with Crippen molar-refractivity contribution >= 4 is 11.8 Å². The van der Waals surface area contributed by atoms with E-state index < -0.39 is 0 Å². The minimum atomic E-state index is 0.637. The van der Waals surface area contributed by atoms with E-state index in [4.69, 9.17) is 14.2 Å². The Kier molecular flexibility index (Phi) is 4.70. The lowest BCUT2D eigenvalue weighted by atomic mass is 10.1. The molecule has 0 spiro atoms. The normalized spacial score (nSPS) is 21.1. The van der Waals surface area contributed by atoms with E-state index in [2.05, 4.69) is 23.7 Å². The third kappa shape index (κ3) is 3.22. The van der Waals surface area contributed by atoms with Crippen molar-refractivity contribution in [2.24, 2.45) is 5.92 Å². The highest BCUT2D eigenvalue weighted by Gasteiger charge is 2.17. The quantitative estimate of drug-likeness (QED) is 0.844. The summed E-state index contributed by atoms with van der Waals surface area (Å²) in [7, 11) is 0. The van der Waals surface area contributed by atoms with Crippen LogP contribution in [0.5, 0.6) is 11.5 Å². The number of nitrogens with one attached hydrogen (secondary N) is 1. The highest BCUT2D eigenvalue weighted by molar-refractivity contribution is 7.98. The van der Waals surface area contributed by atoms with Gasteiger partial charge < -0.3 is 19.5 Å². The van der Waals surface area contributed by atoms with Crippen LogP contribution in [0.3, 0.4) is 0 Å². The van der Waals surface area contributed by atoms with Crippen molar-refractivity contribution < 1.29 is 14.2 Å². The number of benzene rings is 1. The second-order valence-electron chi connectivity index (χ2n) is 5.17. The number of fused-ring (bicyclic) bond motifs is 1. The van der Waals surface area contributed by atoms with Gasteiger partial charge in [-0.05, 0) is 36.3 Å². The molecule has 0 aliphatic carbocycles. The van der Waals surface area contributed by atoms with Crippen LogP contribution in [-0.4, -0.2) is 39.2 Å². The fourth-order valence-corrected chi connectivity index (χ4v) is 3.21. The molecule has 1 aromatic carbocycles. The molecule has 0 bridgehead atoms. The summed E-state index contributed by atoms with van der Waals surface area (Å²) in [4.78, 5) is 1.25. The van der Waals surface area contributed by atoms with Gasteiger partial charge in [-0.25, -0.2) is 0 Å². The van der Waals surface area contributed by atoms with Crippen LogP contribution in [-0.2, 0) is 11.3 Å². The molecular formula is C15H21NO3S. The predicted molar refractivity (Wildman–Crippen MR) is 79.8 cm³/mol. The Hall–Kier alpha value is -0.910. The zero-order chi connectivity index (χ0) is 13.8. The topological polar surface area (TPSA) is 39.7 Å². The van der Waals surface area contributed by atoms with E-state index >= 15 is 0 Å². The van der Waals surface area contributed by atoms with Crippen molar-refractivity contribution in [3.63, 3.8) is 0 Å². The molecule has 20 heavy (non-hydrogen) atoms. The number of hydrogen-bond donors (Lipinski definition) is 1. The van der Waals surface area contributed by atoms with Gasteiger partial charge in [0.05, 0.1) is 6.61 Å². The van der Waals surface area contributed by atoms with Gasteiger partial charge in [0.1, 0.15) is 13.2 Å². The average molecular weight is 295 g/mol. The van der Waals surface area contributed by atoms with Crippen LogP contribution in [0.4, 0.5) is 0 Å². The molecule has 0 amide bonds. The van der Waals surface area contributed by atoms with E-state index in [9.17, 15) is 0 Å². The minimum absolute atomic E-state index is 0.637. The van der Waals surface area contributed by atoms with E-state index in [0.29, 0.717) is 19.1 Å². The van der Waals surface area contributed by atoms with Gasteiger partial charge >= 0.3 is 0 Å². The molecule has 4 nitrogen and oxygen atoms in total. The molecule has 1 fully saturated rings. The Bertz CT molecular complexity index is 461. The van der Waals surface area contributed by atoms with Gasteiger partial charge in [-0.1, -0.05) is 0 Å². The van der Waals surface area contributed by atoms with Crippen molar-refractivity contribution in [3.8, 4) is 11.5 Å². The van der Waals surface area contributed by atoms with E-state index in [1.807, 2.05) is 0 Å². The fraction of sp³-hybridized carbons (Fsp3) is 0.600. The Morgan fingerprint density at radius 2 is 2.00 bits per heavy atom. The third-order valence-corrected chi connectivity index (χ3v) is 4.54. The fourth-order valence-electron chi connectivity index (χ4n) is 2.60. The van der Waals surface area contributed by atoms with E-state index in [-0.39, 0.29) is 0 Å². The molecule has 5 heteroatoms. The van der Waals surface area contributed by atoms with Crippen LogP contribution in [0.25, 0.3) is 0 Å². The number of ether oxygens (including phenoxy) is 3. The summed E-state index contributed by atoms with van der Waals surface area (Å²) in [5, 5.41) is 3.54. The standard InChI is InChI=1S/C15H21NO3S/c1-20-15-7-14-13(18-4-5-19-14)6-12(15)9-16-8-11-2-3-17-10-11/h6-7,11,16H,2-5,8-10H2,1H3. The van der Waals surface area contributed by atoms with Gasteiger partial charge in [0.25, 0.3) is 0 Å². The Balaban J connectivity index is 1.64. The molecule has 1 unspecified atom stereocenters. The summed E-state index contributed by atoms with van der Waals surface area (Å²) in [5.74, 6) is 2.40. The summed E-state index contributed by atoms with van der Waals surface area (Å²) in [5.41, 5.74) is 1.28. The summed E-state index contributed by atoms with van der Waals surface area (Å²) < 4.78 is 16.7. The molecule has 3 rings (SSSR count). The highest BCUT2D eigenvalue weighted by atomic mass is 32.2. The highest BCUT2D eigenvalue weighted by Crippen LogP contribution is 2.36. The largest absolute Gasteiger partial charge is 0.486 e.